The molecule has 100 valence electrons. The van der Waals surface area contributed by atoms with Crippen LogP contribution in [0.1, 0.15) is 52.4 Å². The molecule has 1 fully saturated rings. The lowest BCUT2D eigenvalue weighted by Crippen LogP contribution is -2.53. The molecule has 1 saturated carbocycles. The first-order valence-electron chi connectivity index (χ1n) is 6.90. The van der Waals surface area contributed by atoms with E-state index in [1.807, 2.05) is 6.92 Å². The van der Waals surface area contributed by atoms with Crippen molar-refractivity contribution in [2.24, 2.45) is 11.7 Å². The number of urea groups is 1. The fraction of sp³-hybridized carbons (Fsp3) is 0.923. The van der Waals surface area contributed by atoms with Crippen molar-refractivity contribution in [2.75, 3.05) is 13.1 Å². The first-order valence-corrected chi connectivity index (χ1v) is 6.90. The van der Waals surface area contributed by atoms with Crippen molar-refractivity contribution in [3.63, 3.8) is 0 Å². The summed E-state index contributed by atoms with van der Waals surface area (Å²) >= 11 is 0. The zero-order valence-electron chi connectivity index (χ0n) is 11.2. The number of carbonyl (C=O) groups excluding carboxylic acids is 1. The Hall–Kier alpha value is -0.770. The molecule has 0 atom stereocenters. The molecular weight excluding hydrogens is 214 g/mol. The molecule has 0 aliphatic heterocycles. The van der Waals surface area contributed by atoms with Crippen LogP contribution in [-0.2, 0) is 0 Å². The maximum absolute atomic E-state index is 11.4. The number of rotatable bonds is 5. The van der Waals surface area contributed by atoms with E-state index in [4.69, 9.17) is 5.73 Å². The number of hydrogen-bond acceptors (Lipinski definition) is 2. The number of nitrogens with two attached hydrogens (primary N) is 1. The molecule has 17 heavy (non-hydrogen) atoms. The predicted octanol–water partition coefficient (Wildman–Crippen LogP) is 1.99. The van der Waals surface area contributed by atoms with E-state index in [1.165, 1.54) is 19.3 Å². The molecule has 4 N–H and O–H groups in total. The molecule has 0 aromatic carbocycles. The van der Waals surface area contributed by atoms with Gasteiger partial charge in [0.05, 0.1) is 0 Å². The van der Waals surface area contributed by atoms with Crippen LogP contribution in [0.2, 0.25) is 0 Å². The molecule has 1 aliphatic carbocycles. The monoisotopic (exact) mass is 241 g/mol. The lowest BCUT2D eigenvalue weighted by atomic mass is 9.76. The normalized spacial score (nSPS) is 28.8. The second-order valence-corrected chi connectivity index (χ2v) is 5.32. The molecule has 4 heteroatoms. The Labute approximate surface area is 105 Å². The zero-order chi connectivity index (χ0) is 12.7. The molecule has 0 radical (unpaired) electrons. The summed E-state index contributed by atoms with van der Waals surface area (Å²) in [6.07, 6.45) is 6.66. The van der Waals surface area contributed by atoms with Crippen LogP contribution >= 0.6 is 0 Å². The summed E-state index contributed by atoms with van der Waals surface area (Å²) in [7, 11) is 0. The van der Waals surface area contributed by atoms with E-state index in [0.717, 1.165) is 31.7 Å². The Morgan fingerprint density at radius 1 is 1.29 bits per heavy atom. The van der Waals surface area contributed by atoms with Crippen molar-refractivity contribution in [3.05, 3.63) is 0 Å². The van der Waals surface area contributed by atoms with Crippen molar-refractivity contribution >= 4 is 6.03 Å². The van der Waals surface area contributed by atoms with E-state index in [0.29, 0.717) is 6.54 Å². The summed E-state index contributed by atoms with van der Waals surface area (Å²) in [5, 5.41) is 5.69. The summed E-state index contributed by atoms with van der Waals surface area (Å²) in [5.74, 6) is 0.834. The van der Waals surface area contributed by atoms with Gasteiger partial charge in [-0.15, -0.1) is 0 Å². The van der Waals surface area contributed by atoms with Crippen molar-refractivity contribution < 1.29 is 4.79 Å². The molecule has 0 aromatic heterocycles. The average Bonchev–Trinajstić information content (AvgIpc) is 2.35. The van der Waals surface area contributed by atoms with Crippen LogP contribution in [0.25, 0.3) is 0 Å². The number of nitrogens with one attached hydrogen (secondary N) is 2. The Kier molecular flexibility index (Phi) is 5.75. The van der Waals surface area contributed by atoms with Crippen molar-refractivity contribution in [3.8, 4) is 0 Å². The molecule has 1 rings (SSSR count). The summed E-state index contributed by atoms with van der Waals surface area (Å²) in [5.41, 5.74) is 6.13. The van der Waals surface area contributed by atoms with Gasteiger partial charge in [0, 0.05) is 18.6 Å². The summed E-state index contributed by atoms with van der Waals surface area (Å²) in [4.78, 5) is 11.4. The van der Waals surface area contributed by atoms with Crippen LogP contribution in [0, 0.1) is 5.92 Å². The minimum absolute atomic E-state index is 0.0886. The summed E-state index contributed by atoms with van der Waals surface area (Å²) in [6, 6.07) is -0.0886. The first-order chi connectivity index (χ1) is 8.09. The minimum atomic E-state index is -0.185. The van der Waals surface area contributed by atoms with Gasteiger partial charge < -0.3 is 16.4 Å². The summed E-state index contributed by atoms with van der Waals surface area (Å²) < 4.78 is 0. The maximum Gasteiger partial charge on any atom is 0.314 e. The molecule has 1 aliphatic rings. The van der Waals surface area contributed by atoms with Gasteiger partial charge in [-0.2, -0.15) is 0 Å². The third kappa shape index (κ3) is 4.94. The highest BCUT2D eigenvalue weighted by Gasteiger charge is 2.31. The molecule has 0 unspecified atom stereocenters. The topological polar surface area (TPSA) is 67.2 Å². The SMILES string of the molecule is CCCNC(=O)NCC1(N)CCC(CC)CC1. The minimum Gasteiger partial charge on any atom is -0.338 e. The predicted molar refractivity (Wildman–Crippen MR) is 70.9 cm³/mol. The Bertz CT molecular complexity index is 235. The van der Waals surface area contributed by atoms with Crippen LogP contribution in [-0.4, -0.2) is 24.7 Å². The molecule has 2 amide bonds. The molecule has 0 heterocycles. The van der Waals surface area contributed by atoms with E-state index in [2.05, 4.69) is 17.6 Å². The van der Waals surface area contributed by atoms with Crippen molar-refractivity contribution in [1.29, 1.82) is 0 Å². The third-order valence-electron chi connectivity index (χ3n) is 3.81. The zero-order valence-corrected chi connectivity index (χ0v) is 11.2. The van der Waals surface area contributed by atoms with Gasteiger partial charge in [-0.1, -0.05) is 20.3 Å². The van der Waals surface area contributed by atoms with E-state index in [9.17, 15) is 4.79 Å². The molecule has 0 saturated heterocycles. The summed E-state index contributed by atoms with van der Waals surface area (Å²) in [6.45, 7) is 5.60. The lowest BCUT2D eigenvalue weighted by molar-refractivity contribution is 0.212. The molecule has 4 nitrogen and oxygen atoms in total. The van der Waals surface area contributed by atoms with E-state index < -0.39 is 0 Å². The standard InChI is InChI=1S/C13H27N3O/c1-3-9-15-12(17)16-10-13(14)7-5-11(4-2)6-8-13/h11H,3-10,14H2,1-2H3,(H2,15,16,17). The van der Waals surface area contributed by atoms with Gasteiger partial charge >= 0.3 is 6.03 Å². The number of carbonyl (C=O) groups is 1. The van der Waals surface area contributed by atoms with Gasteiger partial charge in [-0.25, -0.2) is 4.79 Å². The van der Waals surface area contributed by atoms with E-state index in [-0.39, 0.29) is 11.6 Å². The Balaban J connectivity index is 2.24. The second kappa shape index (κ2) is 6.84. The Morgan fingerprint density at radius 2 is 1.94 bits per heavy atom. The van der Waals surface area contributed by atoms with Crippen LogP contribution in [0.15, 0.2) is 0 Å². The molecule has 0 spiro atoms. The largest absolute Gasteiger partial charge is 0.338 e. The van der Waals surface area contributed by atoms with Crippen LogP contribution in [0.5, 0.6) is 0 Å². The first kappa shape index (κ1) is 14.3. The van der Waals surface area contributed by atoms with Crippen molar-refractivity contribution in [1.82, 2.24) is 10.6 Å². The smallest absolute Gasteiger partial charge is 0.314 e. The highest BCUT2D eigenvalue weighted by molar-refractivity contribution is 5.73. The van der Waals surface area contributed by atoms with Crippen LogP contribution in [0.3, 0.4) is 0 Å². The highest BCUT2D eigenvalue weighted by atomic mass is 16.2. The third-order valence-corrected chi connectivity index (χ3v) is 3.81. The lowest BCUT2D eigenvalue weighted by Gasteiger charge is -2.37. The van der Waals surface area contributed by atoms with E-state index >= 15 is 0 Å². The van der Waals surface area contributed by atoms with Crippen LogP contribution in [0.4, 0.5) is 4.79 Å². The maximum atomic E-state index is 11.4. The van der Waals surface area contributed by atoms with Crippen molar-refractivity contribution in [2.45, 2.75) is 57.9 Å². The van der Waals surface area contributed by atoms with Crippen LogP contribution < -0.4 is 16.4 Å². The highest BCUT2D eigenvalue weighted by Crippen LogP contribution is 2.31. The van der Waals surface area contributed by atoms with Gasteiger partial charge in [0.1, 0.15) is 0 Å². The second-order valence-electron chi connectivity index (χ2n) is 5.32. The fourth-order valence-corrected chi connectivity index (χ4v) is 2.39. The van der Waals surface area contributed by atoms with Gasteiger partial charge in [0.25, 0.3) is 0 Å². The quantitative estimate of drug-likeness (QED) is 0.689. The van der Waals surface area contributed by atoms with E-state index in [1.54, 1.807) is 0 Å². The molecular formula is C13H27N3O. The molecule has 0 bridgehead atoms. The average molecular weight is 241 g/mol. The fourth-order valence-electron chi connectivity index (χ4n) is 2.39. The molecule has 0 aromatic rings. The van der Waals surface area contributed by atoms with Gasteiger partial charge in [0.2, 0.25) is 0 Å². The Morgan fingerprint density at radius 3 is 2.47 bits per heavy atom. The number of amides is 2. The van der Waals surface area contributed by atoms with Gasteiger partial charge in [-0.05, 0) is 38.0 Å². The van der Waals surface area contributed by atoms with Gasteiger partial charge in [0.15, 0.2) is 0 Å². The van der Waals surface area contributed by atoms with Gasteiger partial charge in [-0.3, -0.25) is 0 Å². The number of hydrogen-bond donors (Lipinski definition) is 3.